The van der Waals surface area contributed by atoms with Crippen LogP contribution in [0.4, 0.5) is 4.79 Å². The molecule has 5 nitrogen and oxygen atoms in total. The van der Waals surface area contributed by atoms with Crippen molar-refractivity contribution in [1.82, 2.24) is 10.6 Å². The molecule has 0 saturated heterocycles. The van der Waals surface area contributed by atoms with Gasteiger partial charge in [0.15, 0.2) is 0 Å². The molecule has 0 radical (unpaired) electrons. The number of carbonyl (C=O) groups excluding carboxylic acids is 2. The van der Waals surface area contributed by atoms with Crippen LogP contribution in [-0.2, 0) is 4.79 Å². The SMILES string of the molecule is C#CC(CCC)NC(C)C(=O)NC(N)=O. The quantitative estimate of drug-likeness (QED) is 0.558. The number of nitrogens with two attached hydrogens (primary N) is 1. The van der Waals surface area contributed by atoms with Crippen LogP contribution in [0.1, 0.15) is 26.7 Å². The second kappa shape index (κ2) is 6.85. The van der Waals surface area contributed by atoms with E-state index in [1.807, 2.05) is 12.2 Å². The van der Waals surface area contributed by atoms with E-state index in [1.54, 1.807) is 6.92 Å². The minimum Gasteiger partial charge on any atom is -0.351 e. The van der Waals surface area contributed by atoms with Gasteiger partial charge in [-0.15, -0.1) is 6.42 Å². The molecule has 0 saturated carbocycles. The molecule has 0 rings (SSSR count). The van der Waals surface area contributed by atoms with Crippen LogP contribution in [0.25, 0.3) is 0 Å². The lowest BCUT2D eigenvalue weighted by molar-refractivity contribution is -0.121. The van der Waals surface area contributed by atoms with Gasteiger partial charge in [0.25, 0.3) is 0 Å². The first-order valence-electron chi connectivity index (χ1n) is 4.83. The maximum atomic E-state index is 11.3. The van der Waals surface area contributed by atoms with E-state index in [2.05, 4.69) is 11.2 Å². The Morgan fingerprint density at radius 1 is 1.53 bits per heavy atom. The summed E-state index contributed by atoms with van der Waals surface area (Å²) in [7, 11) is 0. The number of primary amides is 1. The molecule has 0 aromatic carbocycles. The summed E-state index contributed by atoms with van der Waals surface area (Å²) >= 11 is 0. The van der Waals surface area contributed by atoms with Crippen molar-refractivity contribution in [3.63, 3.8) is 0 Å². The molecule has 2 unspecified atom stereocenters. The van der Waals surface area contributed by atoms with Gasteiger partial charge in [0, 0.05) is 0 Å². The third-order valence-electron chi connectivity index (χ3n) is 1.87. The van der Waals surface area contributed by atoms with E-state index in [0.717, 1.165) is 12.8 Å². The van der Waals surface area contributed by atoms with Crippen molar-refractivity contribution in [2.45, 2.75) is 38.8 Å². The second-order valence-corrected chi connectivity index (χ2v) is 3.25. The predicted molar refractivity (Wildman–Crippen MR) is 57.9 cm³/mol. The van der Waals surface area contributed by atoms with Crippen LogP contribution in [-0.4, -0.2) is 24.0 Å². The van der Waals surface area contributed by atoms with Gasteiger partial charge in [0.1, 0.15) is 0 Å². The third-order valence-corrected chi connectivity index (χ3v) is 1.87. The normalized spacial score (nSPS) is 13.7. The number of rotatable bonds is 5. The van der Waals surface area contributed by atoms with Crippen molar-refractivity contribution in [2.75, 3.05) is 0 Å². The molecule has 2 atom stereocenters. The second-order valence-electron chi connectivity index (χ2n) is 3.25. The van der Waals surface area contributed by atoms with E-state index in [-0.39, 0.29) is 6.04 Å². The van der Waals surface area contributed by atoms with Gasteiger partial charge >= 0.3 is 6.03 Å². The lowest BCUT2D eigenvalue weighted by atomic mass is 10.1. The maximum Gasteiger partial charge on any atom is 0.318 e. The lowest BCUT2D eigenvalue weighted by Crippen LogP contribution is -2.49. The fourth-order valence-corrected chi connectivity index (χ4v) is 1.11. The fraction of sp³-hybridized carbons (Fsp3) is 0.600. The maximum absolute atomic E-state index is 11.3. The first-order chi connectivity index (χ1) is 7.01. The van der Waals surface area contributed by atoms with Gasteiger partial charge in [-0.05, 0) is 13.3 Å². The van der Waals surface area contributed by atoms with Crippen LogP contribution in [0.15, 0.2) is 0 Å². The number of terminal acetylenes is 1. The zero-order chi connectivity index (χ0) is 11.8. The van der Waals surface area contributed by atoms with Gasteiger partial charge in [0.05, 0.1) is 12.1 Å². The van der Waals surface area contributed by atoms with Crippen molar-refractivity contribution in [3.8, 4) is 12.3 Å². The fourth-order valence-electron chi connectivity index (χ4n) is 1.11. The Bertz CT molecular complexity index is 270. The van der Waals surface area contributed by atoms with Gasteiger partial charge in [-0.1, -0.05) is 19.3 Å². The van der Waals surface area contributed by atoms with Crippen molar-refractivity contribution >= 4 is 11.9 Å². The number of nitrogens with one attached hydrogen (secondary N) is 2. The van der Waals surface area contributed by atoms with E-state index in [4.69, 9.17) is 12.2 Å². The van der Waals surface area contributed by atoms with Crippen molar-refractivity contribution in [1.29, 1.82) is 0 Å². The van der Waals surface area contributed by atoms with E-state index in [1.165, 1.54) is 0 Å². The molecule has 4 N–H and O–H groups in total. The molecular weight excluding hydrogens is 194 g/mol. The Labute approximate surface area is 89.8 Å². The minimum absolute atomic E-state index is 0.163. The molecule has 0 aliphatic heterocycles. The number of amides is 3. The average Bonchev–Trinajstić information content (AvgIpc) is 2.15. The van der Waals surface area contributed by atoms with Gasteiger partial charge < -0.3 is 5.73 Å². The highest BCUT2D eigenvalue weighted by Crippen LogP contribution is 1.96. The molecule has 15 heavy (non-hydrogen) atoms. The lowest BCUT2D eigenvalue weighted by Gasteiger charge is -2.17. The molecule has 0 bridgehead atoms. The Morgan fingerprint density at radius 3 is 2.53 bits per heavy atom. The summed E-state index contributed by atoms with van der Waals surface area (Å²) in [4.78, 5) is 21.7. The Balaban J connectivity index is 4.10. The average molecular weight is 211 g/mol. The van der Waals surface area contributed by atoms with E-state index in [9.17, 15) is 9.59 Å². The molecule has 0 aliphatic rings. The molecule has 0 spiro atoms. The minimum atomic E-state index is -0.860. The number of hydrogen-bond acceptors (Lipinski definition) is 3. The summed E-state index contributed by atoms with van der Waals surface area (Å²) in [5, 5.41) is 4.90. The van der Waals surface area contributed by atoms with Crippen molar-refractivity contribution in [2.24, 2.45) is 5.73 Å². The topological polar surface area (TPSA) is 84.2 Å². The number of imide groups is 1. The molecule has 0 fully saturated rings. The van der Waals surface area contributed by atoms with Crippen LogP contribution in [0.3, 0.4) is 0 Å². The number of hydrogen-bond donors (Lipinski definition) is 3. The monoisotopic (exact) mass is 211 g/mol. The molecule has 0 heterocycles. The molecule has 0 aliphatic carbocycles. The van der Waals surface area contributed by atoms with Crippen molar-refractivity contribution < 1.29 is 9.59 Å². The summed E-state index contributed by atoms with van der Waals surface area (Å²) in [6, 6.07) is -1.56. The van der Waals surface area contributed by atoms with Crippen LogP contribution in [0.2, 0.25) is 0 Å². The van der Waals surface area contributed by atoms with Crippen LogP contribution in [0, 0.1) is 12.3 Å². The summed E-state index contributed by atoms with van der Waals surface area (Å²) in [6.07, 6.45) is 6.98. The summed E-state index contributed by atoms with van der Waals surface area (Å²) < 4.78 is 0. The molecule has 0 aromatic rings. The summed E-state index contributed by atoms with van der Waals surface area (Å²) in [6.45, 7) is 3.62. The molecule has 5 heteroatoms. The summed E-state index contributed by atoms with van der Waals surface area (Å²) in [5.41, 5.74) is 4.81. The van der Waals surface area contributed by atoms with Gasteiger partial charge in [-0.3, -0.25) is 15.4 Å². The third kappa shape index (κ3) is 5.70. The molecular formula is C10H17N3O2. The van der Waals surface area contributed by atoms with Crippen LogP contribution in [0.5, 0.6) is 0 Å². The highest BCUT2D eigenvalue weighted by atomic mass is 16.2. The number of urea groups is 1. The van der Waals surface area contributed by atoms with E-state index < -0.39 is 18.0 Å². The Hall–Kier alpha value is -1.54. The van der Waals surface area contributed by atoms with Crippen LogP contribution >= 0.6 is 0 Å². The smallest absolute Gasteiger partial charge is 0.318 e. The first-order valence-corrected chi connectivity index (χ1v) is 4.83. The van der Waals surface area contributed by atoms with Crippen molar-refractivity contribution in [3.05, 3.63) is 0 Å². The molecule has 3 amide bonds. The largest absolute Gasteiger partial charge is 0.351 e. The Kier molecular flexibility index (Phi) is 6.14. The number of carbonyl (C=O) groups is 2. The predicted octanol–water partition coefficient (Wildman–Crippen LogP) is -0.0387. The van der Waals surface area contributed by atoms with Gasteiger partial charge in [0.2, 0.25) is 5.91 Å². The summed E-state index contributed by atoms with van der Waals surface area (Å²) in [5.74, 6) is 2.06. The Morgan fingerprint density at radius 2 is 2.13 bits per heavy atom. The van der Waals surface area contributed by atoms with E-state index in [0.29, 0.717) is 0 Å². The van der Waals surface area contributed by atoms with Crippen LogP contribution < -0.4 is 16.4 Å². The highest BCUT2D eigenvalue weighted by molar-refractivity contribution is 5.96. The van der Waals surface area contributed by atoms with E-state index >= 15 is 0 Å². The molecule has 0 aromatic heterocycles. The zero-order valence-corrected chi connectivity index (χ0v) is 9.04. The first kappa shape index (κ1) is 13.5. The molecule has 84 valence electrons. The van der Waals surface area contributed by atoms with Gasteiger partial charge in [-0.2, -0.15) is 0 Å². The van der Waals surface area contributed by atoms with Gasteiger partial charge in [-0.25, -0.2) is 4.79 Å². The highest BCUT2D eigenvalue weighted by Gasteiger charge is 2.16. The zero-order valence-electron chi connectivity index (χ0n) is 9.04. The standard InChI is InChI=1S/C10H17N3O2/c1-4-6-8(5-2)12-7(3)9(14)13-10(11)15/h2,7-8,12H,4,6H2,1,3H3,(H3,11,13,14,15).